The van der Waals surface area contributed by atoms with Gasteiger partial charge in [0.1, 0.15) is 0 Å². The number of pyridine rings is 3. The molecule has 0 amide bonds. The van der Waals surface area contributed by atoms with Crippen molar-refractivity contribution in [3.63, 3.8) is 0 Å². The Morgan fingerprint density at radius 1 is 0.533 bits per heavy atom. The molecule has 0 aliphatic rings. The first kappa shape index (κ1) is 18.9. The molecule has 0 bridgehead atoms. The highest BCUT2D eigenvalue weighted by atomic mass is 14.8. The van der Waals surface area contributed by atoms with Crippen LogP contribution in [-0.2, 0) is 12.8 Å². The minimum absolute atomic E-state index is 0.905. The number of fused-ring (bicyclic) bond motifs is 4. The van der Waals surface area contributed by atoms with Crippen LogP contribution in [0, 0.1) is 0 Å². The molecule has 0 saturated carbocycles. The summed E-state index contributed by atoms with van der Waals surface area (Å²) in [7, 11) is 0. The van der Waals surface area contributed by atoms with Crippen molar-refractivity contribution >= 4 is 43.9 Å². The van der Waals surface area contributed by atoms with Crippen LogP contribution in [0.2, 0.25) is 0 Å². The molecule has 0 spiro atoms. The van der Waals surface area contributed by atoms with E-state index in [1.165, 1.54) is 42.2 Å². The zero-order valence-corrected chi connectivity index (χ0v) is 17.8. The Balaban J connectivity index is 1.58. The summed E-state index contributed by atoms with van der Waals surface area (Å²) in [4.78, 5) is 14.7. The van der Waals surface area contributed by atoms with Crippen LogP contribution in [0.1, 0.15) is 50.7 Å². The number of hydrogen-bond acceptors (Lipinski definition) is 3. The van der Waals surface area contributed by atoms with Gasteiger partial charge in [-0.3, -0.25) is 0 Å². The molecule has 0 aliphatic carbocycles. The van der Waals surface area contributed by atoms with Gasteiger partial charge in [-0.2, -0.15) is 0 Å². The maximum Gasteiger partial charge on any atom is 0.0916 e. The molecule has 30 heavy (non-hydrogen) atoms. The monoisotopic (exact) mass is 393 g/mol. The quantitative estimate of drug-likeness (QED) is 0.227. The van der Waals surface area contributed by atoms with Gasteiger partial charge in [0.2, 0.25) is 0 Å². The van der Waals surface area contributed by atoms with Crippen molar-refractivity contribution in [3.05, 3.63) is 65.7 Å². The molecule has 0 aliphatic heterocycles. The number of hydrogen-bond donors (Lipinski definition) is 0. The highest BCUT2D eigenvalue weighted by Gasteiger charge is 2.08. The van der Waals surface area contributed by atoms with Gasteiger partial charge >= 0.3 is 0 Å². The summed E-state index contributed by atoms with van der Waals surface area (Å²) >= 11 is 0. The Hall–Kier alpha value is -3.07. The third kappa shape index (κ3) is 3.60. The summed E-state index contributed by atoms with van der Waals surface area (Å²) < 4.78 is 0. The number of unbranched alkanes of at least 4 members (excludes halogenated alkanes) is 3. The maximum absolute atomic E-state index is 4.91. The smallest absolute Gasteiger partial charge is 0.0916 e. The van der Waals surface area contributed by atoms with E-state index in [1.807, 2.05) is 0 Å². The third-order valence-electron chi connectivity index (χ3n) is 6.02. The van der Waals surface area contributed by atoms with Gasteiger partial charge in [-0.1, -0.05) is 51.3 Å². The lowest BCUT2D eigenvalue weighted by atomic mass is 10.0. The summed E-state index contributed by atoms with van der Waals surface area (Å²) in [5.74, 6) is 0. The second-order valence-electron chi connectivity index (χ2n) is 8.26. The Morgan fingerprint density at radius 3 is 2.03 bits per heavy atom. The molecule has 5 aromatic rings. The average Bonchev–Trinajstić information content (AvgIpc) is 2.77. The number of nitrogens with zero attached hydrogens (tertiary/aromatic N) is 3. The lowest BCUT2D eigenvalue weighted by Crippen LogP contribution is -1.92. The fourth-order valence-electron chi connectivity index (χ4n) is 4.23. The van der Waals surface area contributed by atoms with E-state index in [1.54, 1.807) is 0 Å². The second kappa shape index (κ2) is 7.98. The van der Waals surface area contributed by atoms with Crippen LogP contribution in [-0.4, -0.2) is 15.0 Å². The van der Waals surface area contributed by atoms with Gasteiger partial charge in [-0.15, -0.1) is 0 Å². The van der Waals surface area contributed by atoms with Crippen LogP contribution < -0.4 is 0 Å². The molecule has 0 unspecified atom stereocenters. The van der Waals surface area contributed by atoms with Gasteiger partial charge < -0.3 is 0 Å². The molecule has 5 rings (SSSR count). The fraction of sp³-hybridized carbons (Fsp3) is 0.296. The molecule has 0 fully saturated rings. The molecule has 3 heterocycles. The molecule has 0 N–H and O–H groups in total. The van der Waals surface area contributed by atoms with Gasteiger partial charge in [0, 0.05) is 10.8 Å². The lowest BCUT2D eigenvalue weighted by molar-refractivity contribution is 0.667. The predicted molar refractivity (Wildman–Crippen MR) is 127 cm³/mol. The minimum Gasteiger partial charge on any atom is -0.246 e. The standard InChI is InChI=1S/C27H27N3/c1-3-5-6-7-8-19-10-12-22-21(13-19)16-25-26(28-22)17-27-24(30-25)15-20-11-9-18(4-2)14-23(20)29-27/h9-17H,3-8H2,1-2H3. The topological polar surface area (TPSA) is 38.7 Å². The van der Waals surface area contributed by atoms with Gasteiger partial charge in [-0.05, 0) is 66.8 Å². The Morgan fingerprint density at radius 2 is 1.23 bits per heavy atom. The second-order valence-corrected chi connectivity index (χ2v) is 8.26. The summed E-state index contributed by atoms with van der Waals surface area (Å²) in [5, 5.41) is 2.30. The number of aromatic nitrogens is 3. The average molecular weight is 394 g/mol. The fourth-order valence-corrected chi connectivity index (χ4v) is 4.23. The Labute approximate surface area is 177 Å². The molecule has 3 nitrogen and oxygen atoms in total. The Bertz CT molecular complexity index is 1370. The molecule has 3 heteroatoms. The molecule has 150 valence electrons. The summed E-state index contributed by atoms with van der Waals surface area (Å²) in [6.07, 6.45) is 7.30. The Kier molecular flexibility index (Phi) is 5.04. The molecular weight excluding hydrogens is 366 g/mol. The van der Waals surface area contributed by atoms with Crippen molar-refractivity contribution in [3.8, 4) is 0 Å². The van der Waals surface area contributed by atoms with Crippen molar-refractivity contribution < 1.29 is 0 Å². The summed E-state index contributed by atoms with van der Waals surface area (Å²) in [5.41, 5.74) is 8.41. The van der Waals surface area contributed by atoms with E-state index in [0.29, 0.717) is 0 Å². The highest BCUT2D eigenvalue weighted by molar-refractivity contribution is 5.99. The van der Waals surface area contributed by atoms with Crippen LogP contribution in [0.15, 0.2) is 54.6 Å². The van der Waals surface area contributed by atoms with Crippen LogP contribution in [0.4, 0.5) is 0 Å². The normalized spacial score (nSPS) is 11.8. The first-order valence-electron chi connectivity index (χ1n) is 11.2. The van der Waals surface area contributed by atoms with Crippen LogP contribution in [0.3, 0.4) is 0 Å². The predicted octanol–water partition coefficient (Wildman–Crippen LogP) is 7.17. The summed E-state index contributed by atoms with van der Waals surface area (Å²) in [6.45, 7) is 4.42. The van der Waals surface area contributed by atoms with Crippen LogP contribution in [0.5, 0.6) is 0 Å². The number of rotatable bonds is 6. The zero-order chi connectivity index (χ0) is 20.5. The van der Waals surface area contributed by atoms with Crippen molar-refractivity contribution in [1.29, 1.82) is 0 Å². The first-order chi connectivity index (χ1) is 14.7. The van der Waals surface area contributed by atoms with E-state index in [9.17, 15) is 0 Å². The van der Waals surface area contributed by atoms with Crippen molar-refractivity contribution in [2.45, 2.75) is 52.4 Å². The van der Waals surface area contributed by atoms with Crippen molar-refractivity contribution in [1.82, 2.24) is 15.0 Å². The minimum atomic E-state index is 0.905. The van der Waals surface area contributed by atoms with Gasteiger partial charge in [0.15, 0.2) is 0 Å². The van der Waals surface area contributed by atoms with E-state index in [0.717, 1.165) is 51.3 Å². The van der Waals surface area contributed by atoms with E-state index < -0.39 is 0 Å². The van der Waals surface area contributed by atoms with Gasteiger partial charge in [0.25, 0.3) is 0 Å². The number of aryl methyl sites for hydroxylation is 2. The molecular formula is C27H27N3. The van der Waals surface area contributed by atoms with E-state index >= 15 is 0 Å². The highest BCUT2D eigenvalue weighted by Crippen LogP contribution is 2.25. The van der Waals surface area contributed by atoms with E-state index in [4.69, 9.17) is 15.0 Å². The SMILES string of the molecule is CCCCCCc1ccc2nc3cc4nc5cc(CC)ccc5cc4nc3cc2c1. The first-order valence-corrected chi connectivity index (χ1v) is 11.2. The largest absolute Gasteiger partial charge is 0.246 e. The molecule has 3 aromatic heterocycles. The van der Waals surface area contributed by atoms with Crippen molar-refractivity contribution in [2.75, 3.05) is 0 Å². The van der Waals surface area contributed by atoms with Gasteiger partial charge in [0.05, 0.1) is 33.1 Å². The lowest BCUT2D eigenvalue weighted by Gasteiger charge is -2.07. The van der Waals surface area contributed by atoms with Crippen molar-refractivity contribution in [2.24, 2.45) is 0 Å². The molecule has 0 radical (unpaired) electrons. The third-order valence-corrected chi connectivity index (χ3v) is 6.02. The van der Waals surface area contributed by atoms with Gasteiger partial charge in [-0.25, -0.2) is 15.0 Å². The maximum atomic E-state index is 4.91. The number of benzene rings is 2. The van der Waals surface area contributed by atoms with E-state index in [2.05, 4.69) is 68.4 Å². The van der Waals surface area contributed by atoms with E-state index in [-0.39, 0.29) is 0 Å². The molecule has 2 aromatic carbocycles. The molecule has 0 saturated heterocycles. The van der Waals surface area contributed by atoms with Crippen LogP contribution >= 0.6 is 0 Å². The summed E-state index contributed by atoms with van der Waals surface area (Å²) in [6, 6.07) is 19.5. The molecule has 0 atom stereocenters. The van der Waals surface area contributed by atoms with Crippen LogP contribution in [0.25, 0.3) is 43.9 Å². The zero-order valence-electron chi connectivity index (χ0n) is 17.8.